The maximum atomic E-state index is 6.58. The Hall–Kier alpha value is -6.84. The van der Waals surface area contributed by atoms with Crippen LogP contribution in [0.1, 0.15) is 22.3 Å². The van der Waals surface area contributed by atoms with E-state index in [0.717, 1.165) is 73.2 Å². The first kappa shape index (κ1) is 35.2. The van der Waals surface area contributed by atoms with Gasteiger partial charge in [0.05, 0.1) is 0 Å². The lowest BCUT2D eigenvalue weighted by molar-refractivity contribution is 1.24. The van der Waals surface area contributed by atoms with Gasteiger partial charge in [-0.15, -0.1) is 0 Å². The Morgan fingerprint density at radius 2 is 0.836 bits per heavy atom. The molecule has 3 nitrogen and oxygen atoms in total. The minimum atomic E-state index is 0.790. The van der Waals surface area contributed by atoms with Gasteiger partial charge in [0.1, 0.15) is 0 Å². The molecule has 0 bridgehead atoms. The number of nitrogen functional groups attached to an aromatic ring is 1. The average molecular weight is 712 g/mol. The van der Waals surface area contributed by atoms with Gasteiger partial charge in [-0.3, -0.25) is 0 Å². The maximum absolute atomic E-state index is 6.58. The van der Waals surface area contributed by atoms with Crippen LogP contribution in [0.15, 0.2) is 188 Å². The lowest BCUT2D eigenvalue weighted by Crippen LogP contribution is -2.11. The van der Waals surface area contributed by atoms with E-state index in [9.17, 15) is 0 Å². The van der Waals surface area contributed by atoms with Gasteiger partial charge in [-0.2, -0.15) is 0 Å². The molecule has 3 heteroatoms. The molecule has 268 valence electrons. The Morgan fingerprint density at radius 1 is 0.364 bits per heavy atom. The van der Waals surface area contributed by atoms with Gasteiger partial charge < -0.3 is 15.5 Å². The molecule has 0 aliphatic carbocycles. The minimum Gasteiger partial charge on any atom is -0.398 e. The molecule has 8 rings (SSSR count). The Kier molecular flexibility index (Phi) is 9.76. The first-order chi connectivity index (χ1) is 26.8. The van der Waals surface area contributed by atoms with Crippen molar-refractivity contribution in [1.82, 2.24) is 0 Å². The lowest BCUT2D eigenvalue weighted by Gasteiger charge is -2.28. The van der Waals surface area contributed by atoms with Crippen molar-refractivity contribution in [3.05, 3.63) is 210 Å². The maximum Gasteiger partial charge on any atom is 0.0491 e. The van der Waals surface area contributed by atoms with E-state index in [1.54, 1.807) is 0 Å². The third-order valence-corrected chi connectivity index (χ3v) is 10.4. The number of nitrogens with zero attached hydrogens (tertiary/aromatic N) is 2. The van der Waals surface area contributed by atoms with Crippen LogP contribution < -0.4 is 15.5 Å². The summed E-state index contributed by atoms with van der Waals surface area (Å²) in [7, 11) is 0. The number of benzene rings is 8. The molecule has 0 saturated heterocycles. The predicted molar refractivity (Wildman–Crippen MR) is 235 cm³/mol. The van der Waals surface area contributed by atoms with E-state index in [2.05, 4.69) is 219 Å². The molecule has 0 saturated carbocycles. The molecule has 0 aliphatic rings. The molecule has 0 aromatic heterocycles. The lowest BCUT2D eigenvalue weighted by atomic mass is 9.88. The number of hydrogen-bond acceptors (Lipinski definition) is 3. The molecule has 2 N–H and O–H groups in total. The zero-order chi connectivity index (χ0) is 37.9. The van der Waals surface area contributed by atoms with Crippen molar-refractivity contribution in [1.29, 1.82) is 0 Å². The fourth-order valence-electron chi connectivity index (χ4n) is 7.61. The molecule has 8 aromatic carbocycles. The molecule has 0 fully saturated rings. The molecule has 0 amide bonds. The Bertz CT molecular complexity index is 2570. The molecular formula is C52H45N3. The summed E-state index contributed by atoms with van der Waals surface area (Å²) in [6.45, 7) is 8.61. The molecule has 0 unspecified atom stereocenters. The first-order valence-corrected chi connectivity index (χ1v) is 18.9. The molecule has 0 aliphatic heterocycles. The van der Waals surface area contributed by atoms with Crippen LogP contribution in [-0.4, -0.2) is 0 Å². The summed E-state index contributed by atoms with van der Waals surface area (Å²) < 4.78 is 0. The summed E-state index contributed by atoms with van der Waals surface area (Å²) in [5.74, 6) is 0. The van der Waals surface area contributed by atoms with E-state index in [0.29, 0.717) is 0 Å². The molecule has 0 spiro atoms. The van der Waals surface area contributed by atoms with E-state index in [1.807, 2.05) is 6.07 Å². The largest absolute Gasteiger partial charge is 0.398 e. The highest BCUT2D eigenvalue weighted by Gasteiger charge is 2.18. The molecule has 55 heavy (non-hydrogen) atoms. The summed E-state index contributed by atoms with van der Waals surface area (Å²) in [6, 6.07) is 67.2. The van der Waals surface area contributed by atoms with Gasteiger partial charge >= 0.3 is 0 Å². The second-order valence-corrected chi connectivity index (χ2v) is 14.3. The van der Waals surface area contributed by atoms with Crippen LogP contribution in [0.3, 0.4) is 0 Å². The topological polar surface area (TPSA) is 32.5 Å². The van der Waals surface area contributed by atoms with Crippen LogP contribution in [0.4, 0.5) is 39.8 Å². The number of nitrogens with two attached hydrogens (primary N) is 1. The molecule has 0 radical (unpaired) electrons. The van der Waals surface area contributed by atoms with Crippen LogP contribution in [0.25, 0.3) is 33.4 Å². The molecular weight excluding hydrogens is 667 g/mol. The van der Waals surface area contributed by atoms with Crippen molar-refractivity contribution in [3.63, 3.8) is 0 Å². The van der Waals surface area contributed by atoms with Crippen molar-refractivity contribution in [3.8, 4) is 33.4 Å². The van der Waals surface area contributed by atoms with Gasteiger partial charge in [0, 0.05) is 39.8 Å². The highest BCUT2D eigenvalue weighted by molar-refractivity contribution is 5.91. The summed E-state index contributed by atoms with van der Waals surface area (Å²) in [4.78, 5) is 4.65. The van der Waals surface area contributed by atoms with Crippen LogP contribution in [0.2, 0.25) is 0 Å². The minimum absolute atomic E-state index is 0.790. The van der Waals surface area contributed by atoms with E-state index in [4.69, 9.17) is 5.73 Å². The Morgan fingerprint density at radius 3 is 1.40 bits per heavy atom. The summed E-state index contributed by atoms with van der Waals surface area (Å²) in [5.41, 5.74) is 25.9. The van der Waals surface area contributed by atoms with Gasteiger partial charge in [-0.25, -0.2) is 0 Å². The Balaban J connectivity index is 1.12. The average Bonchev–Trinajstić information content (AvgIpc) is 3.21. The van der Waals surface area contributed by atoms with E-state index in [1.165, 1.54) is 22.3 Å². The number of aryl methyl sites for hydroxylation is 3. The smallest absolute Gasteiger partial charge is 0.0491 e. The van der Waals surface area contributed by atoms with Gasteiger partial charge in [0.2, 0.25) is 0 Å². The summed E-state index contributed by atoms with van der Waals surface area (Å²) >= 11 is 0. The molecule has 0 heterocycles. The quantitative estimate of drug-likeness (QED) is 0.151. The van der Waals surface area contributed by atoms with Crippen molar-refractivity contribution < 1.29 is 0 Å². The first-order valence-electron chi connectivity index (χ1n) is 18.9. The van der Waals surface area contributed by atoms with Gasteiger partial charge in [0.15, 0.2) is 0 Å². The number of rotatable bonds is 9. The van der Waals surface area contributed by atoms with Crippen molar-refractivity contribution >= 4 is 39.8 Å². The van der Waals surface area contributed by atoms with E-state index in [-0.39, 0.29) is 0 Å². The van der Waals surface area contributed by atoms with E-state index >= 15 is 0 Å². The van der Waals surface area contributed by atoms with Crippen LogP contribution >= 0.6 is 0 Å². The molecule has 8 aromatic rings. The zero-order valence-electron chi connectivity index (χ0n) is 31.9. The second kappa shape index (κ2) is 15.3. The fourth-order valence-corrected chi connectivity index (χ4v) is 7.61. The Labute approximate surface area is 325 Å². The monoisotopic (exact) mass is 711 g/mol. The normalized spacial score (nSPS) is 11.0. The second-order valence-electron chi connectivity index (χ2n) is 14.3. The summed E-state index contributed by atoms with van der Waals surface area (Å²) in [6.07, 6.45) is 0. The number of para-hydroxylation sites is 2. The van der Waals surface area contributed by atoms with Crippen LogP contribution in [0.5, 0.6) is 0 Å². The third kappa shape index (κ3) is 7.25. The van der Waals surface area contributed by atoms with Crippen LogP contribution in [0, 0.1) is 27.7 Å². The van der Waals surface area contributed by atoms with Gasteiger partial charge in [-0.05, 0) is 162 Å². The van der Waals surface area contributed by atoms with Crippen molar-refractivity contribution in [2.24, 2.45) is 0 Å². The highest BCUT2D eigenvalue weighted by atomic mass is 15.1. The van der Waals surface area contributed by atoms with Gasteiger partial charge in [0.25, 0.3) is 0 Å². The standard InChI is InChI=1S/C52H45N3/c1-36-13-11-19-47(33-36)54(44-15-7-5-8-16-44)46-28-25-41(26-29-46)40-21-23-42(24-22-40)52-39(4)50(53)31-30-49(52)43-27-32-51(38(3)35-43)55(45-17-9-6-10-18-45)48-20-12-14-37(2)34-48/h5-35H,53H2,1-4H3. The number of hydrogen-bond donors (Lipinski definition) is 1. The van der Waals surface area contributed by atoms with Crippen molar-refractivity contribution in [2.75, 3.05) is 15.5 Å². The van der Waals surface area contributed by atoms with Gasteiger partial charge in [-0.1, -0.05) is 109 Å². The van der Waals surface area contributed by atoms with Crippen LogP contribution in [-0.2, 0) is 0 Å². The third-order valence-electron chi connectivity index (χ3n) is 10.4. The number of anilines is 7. The molecule has 0 atom stereocenters. The van der Waals surface area contributed by atoms with E-state index < -0.39 is 0 Å². The predicted octanol–water partition coefficient (Wildman–Crippen LogP) is 14.4. The fraction of sp³-hybridized carbons (Fsp3) is 0.0769. The SMILES string of the molecule is Cc1cccc(N(c2ccccc2)c2ccc(-c3ccc(-c4c(-c5ccc(N(c6ccccc6)c6cccc(C)c6)c(C)c5)ccc(N)c4C)cc3)cc2)c1. The highest BCUT2D eigenvalue weighted by Crippen LogP contribution is 2.42. The van der Waals surface area contributed by atoms with Crippen molar-refractivity contribution in [2.45, 2.75) is 27.7 Å². The summed E-state index contributed by atoms with van der Waals surface area (Å²) in [5, 5.41) is 0. The zero-order valence-corrected chi connectivity index (χ0v) is 31.9.